The first-order chi connectivity index (χ1) is 8.86. The van der Waals surface area contributed by atoms with Crippen LogP contribution in [0.25, 0.3) is 0 Å². The fourth-order valence-corrected chi connectivity index (χ4v) is 4.25. The maximum Gasteiger partial charge on any atom is 0.0221 e. The van der Waals surface area contributed by atoms with E-state index >= 15 is 0 Å². The maximum atomic E-state index is 3.90. The Hall–Kier alpha value is -0.0800. The molecule has 2 heteroatoms. The third kappa shape index (κ3) is 3.08. The smallest absolute Gasteiger partial charge is 0.0221 e. The molecule has 1 saturated heterocycles. The topological polar surface area (TPSA) is 15.3 Å². The summed E-state index contributed by atoms with van der Waals surface area (Å²) in [5, 5.41) is 3.90. The van der Waals surface area contributed by atoms with Crippen LogP contribution in [0.5, 0.6) is 0 Å². The molecule has 1 heterocycles. The molecule has 0 aromatic rings. The molecule has 18 heavy (non-hydrogen) atoms. The Morgan fingerprint density at radius 1 is 1.00 bits per heavy atom. The zero-order valence-corrected chi connectivity index (χ0v) is 12.0. The Balaban J connectivity index is 1.41. The summed E-state index contributed by atoms with van der Waals surface area (Å²) in [5.41, 5.74) is 0. The van der Waals surface area contributed by atoms with Gasteiger partial charge in [0.2, 0.25) is 0 Å². The molecule has 0 aromatic carbocycles. The van der Waals surface area contributed by atoms with Crippen molar-refractivity contribution in [1.29, 1.82) is 0 Å². The van der Waals surface area contributed by atoms with E-state index in [2.05, 4.69) is 17.1 Å². The molecule has 0 amide bonds. The van der Waals surface area contributed by atoms with Gasteiger partial charge in [-0.2, -0.15) is 0 Å². The molecule has 0 bridgehead atoms. The van der Waals surface area contributed by atoms with Crippen LogP contribution in [0.2, 0.25) is 0 Å². The van der Waals surface area contributed by atoms with Crippen molar-refractivity contribution in [2.75, 3.05) is 19.6 Å². The molecule has 2 aliphatic carbocycles. The van der Waals surface area contributed by atoms with Crippen molar-refractivity contribution in [2.45, 2.75) is 70.4 Å². The number of likely N-dealkylation sites (tertiary alicyclic amines) is 1. The first-order valence-corrected chi connectivity index (χ1v) is 8.34. The summed E-state index contributed by atoms with van der Waals surface area (Å²) in [6.07, 6.45) is 11.8. The van der Waals surface area contributed by atoms with Crippen molar-refractivity contribution in [3.63, 3.8) is 0 Å². The normalized spacial score (nSPS) is 38.2. The van der Waals surface area contributed by atoms with Crippen molar-refractivity contribution >= 4 is 0 Å². The minimum atomic E-state index is 0.830. The second-order valence-corrected chi connectivity index (χ2v) is 6.79. The summed E-state index contributed by atoms with van der Waals surface area (Å²) in [6.45, 7) is 6.12. The maximum absolute atomic E-state index is 3.90. The van der Waals surface area contributed by atoms with Gasteiger partial charge in [0.05, 0.1) is 0 Å². The predicted octanol–water partition coefficient (Wildman–Crippen LogP) is 3.03. The molecule has 3 atom stereocenters. The fraction of sp³-hybridized carbons (Fsp3) is 1.00. The van der Waals surface area contributed by atoms with Crippen molar-refractivity contribution in [1.82, 2.24) is 10.2 Å². The molecule has 3 rings (SSSR count). The largest absolute Gasteiger partial charge is 0.312 e. The van der Waals surface area contributed by atoms with Gasteiger partial charge in [0.15, 0.2) is 0 Å². The molecule has 0 aromatic heterocycles. The van der Waals surface area contributed by atoms with Crippen LogP contribution >= 0.6 is 0 Å². The molecule has 0 spiro atoms. The van der Waals surface area contributed by atoms with Crippen LogP contribution < -0.4 is 5.32 Å². The Morgan fingerprint density at radius 2 is 1.89 bits per heavy atom. The van der Waals surface area contributed by atoms with Crippen molar-refractivity contribution in [2.24, 2.45) is 11.8 Å². The summed E-state index contributed by atoms with van der Waals surface area (Å²) in [6, 6.07) is 1.67. The fourth-order valence-electron chi connectivity index (χ4n) is 4.25. The number of rotatable bonds is 5. The minimum Gasteiger partial charge on any atom is -0.312 e. The zero-order chi connectivity index (χ0) is 12.4. The summed E-state index contributed by atoms with van der Waals surface area (Å²) < 4.78 is 0. The SMILES string of the molecule is CCN1CCCC1CNC1CCCC(C2CC2)C1. The lowest BCUT2D eigenvalue weighted by molar-refractivity contribution is 0.222. The van der Waals surface area contributed by atoms with E-state index < -0.39 is 0 Å². The van der Waals surface area contributed by atoms with Gasteiger partial charge < -0.3 is 5.32 Å². The quantitative estimate of drug-likeness (QED) is 0.807. The Labute approximate surface area is 113 Å². The van der Waals surface area contributed by atoms with Gasteiger partial charge in [-0.25, -0.2) is 0 Å². The van der Waals surface area contributed by atoms with E-state index in [1.54, 1.807) is 0 Å². The van der Waals surface area contributed by atoms with Crippen molar-refractivity contribution < 1.29 is 0 Å². The molecular formula is C16H30N2. The number of likely N-dealkylation sites (N-methyl/N-ethyl adjacent to an activating group) is 1. The van der Waals surface area contributed by atoms with Gasteiger partial charge >= 0.3 is 0 Å². The van der Waals surface area contributed by atoms with Crippen LogP contribution in [-0.2, 0) is 0 Å². The van der Waals surface area contributed by atoms with Gasteiger partial charge in [-0.15, -0.1) is 0 Å². The van der Waals surface area contributed by atoms with Crippen LogP contribution in [0.3, 0.4) is 0 Å². The van der Waals surface area contributed by atoms with E-state index in [-0.39, 0.29) is 0 Å². The molecule has 2 saturated carbocycles. The van der Waals surface area contributed by atoms with E-state index in [1.807, 2.05) is 0 Å². The molecular weight excluding hydrogens is 220 g/mol. The first-order valence-electron chi connectivity index (χ1n) is 8.34. The van der Waals surface area contributed by atoms with E-state index in [4.69, 9.17) is 0 Å². The lowest BCUT2D eigenvalue weighted by Crippen LogP contribution is -2.43. The van der Waals surface area contributed by atoms with Gasteiger partial charge in [-0.3, -0.25) is 4.90 Å². The predicted molar refractivity (Wildman–Crippen MR) is 76.7 cm³/mol. The lowest BCUT2D eigenvalue weighted by Gasteiger charge is -2.32. The molecule has 2 nitrogen and oxygen atoms in total. The van der Waals surface area contributed by atoms with E-state index in [0.29, 0.717) is 0 Å². The highest BCUT2D eigenvalue weighted by Crippen LogP contribution is 2.43. The van der Waals surface area contributed by atoms with Gasteiger partial charge in [0, 0.05) is 18.6 Å². The van der Waals surface area contributed by atoms with E-state index in [0.717, 1.165) is 23.9 Å². The third-order valence-corrected chi connectivity index (χ3v) is 5.55. The molecule has 3 fully saturated rings. The number of hydrogen-bond acceptors (Lipinski definition) is 2. The Bertz CT molecular complexity index is 262. The van der Waals surface area contributed by atoms with E-state index in [9.17, 15) is 0 Å². The standard InChI is InChI=1S/C16H30N2/c1-2-18-10-4-7-16(18)12-17-15-6-3-5-14(11-15)13-8-9-13/h13-17H,2-12H2,1H3. The van der Waals surface area contributed by atoms with E-state index in [1.165, 1.54) is 71.0 Å². The van der Waals surface area contributed by atoms with Crippen molar-refractivity contribution in [3.8, 4) is 0 Å². The van der Waals surface area contributed by atoms with Gasteiger partial charge in [-0.05, 0) is 63.5 Å². The summed E-state index contributed by atoms with van der Waals surface area (Å²) in [4.78, 5) is 2.66. The first kappa shape index (κ1) is 12.9. The van der Waals surface area contributed by atoms with Gasteiger partial charge in [0.1, 0.15) is 0 Å². The molecule has 1 N–H and O–H groups in total. The van der Waals surface area contributed by atoms with Crippen LogP contribution in [0.15, 0.2) is 0 Å². The Morgan fingerprint density at radius 3 is 2.67 bits per heavy atom. The monoisotopic (exact) mass is 250 g/mol. The summed E-state index contributed by atoms with van der Waals surface area (Å²) in [7, 11) is 0. The third-order valence-electron chi connectivity index (χ3n) is 5.55. The Kier molecular flexibility index (Phi) is 4.25. The molecule has 3 unspecified atom stereocenters. The van der Waals surface area contributed by atoms with Gasteiger partial charge in [-0.1, -0.05) is 19.8 Å². The molecule has 1 aliphatic heterocycles. The van der Waals surface area contributed by atoms with Crippen LogP contribution in [0.4, 0.5) is 0 Å². The average Bonchev–Trinajstić information content (AvgIpc) is 3.16. The highest BCUT2D eigenvalue weighted by Gasteiger charge is 2.34. The number of nitrogens with one attached hydrogen (secondary N) is 1. The molecule has 104 valence electrons. The summed E-state index contributed by atoms with van der Waals surface area (Å²) >= 11 is 0. The van der Waals surface area contributed by atoms with Crippen LogP contribution in [-0.4, -0.2) is 36.6 Å². The minimum absolute atomic E-state index is 0.830. The summed E-state index contributed by atoms with van der Waals surface area (Å²) in [5.74, 6) is 2.19. The highest BCUT2D eigenvalue weighted by atomic mass is 15.2. The second kappa shape index (κ2) is 5.92. The average molecular weight is 250 g/mol. The molecule has 3 aliphatic rings. The lowest BCUT2D eigenvalue weighted by atomic mass is 9.82. The second-order valence-electron chi connectivity index (χ2n) is 6.79. The van der Waals surface area contributed by atoms with Crippen molar-refractivity contribution in [3.05, 3.63) is 0 Å². The number of hydrogen-bond donors (Lipinski definition) is 1. The van der Waals surface area contributed by atoms with Crippen LogP contribution in [0, 0.1) is 11.8 Å². The zero-order valence-electron chi connectivity index (χ0n) is 12.0. The molecule has 0 radical (unpaired) electrons. The highest BCUT2D eigenvalue weighted by molar-refractivity contribution is 4.89. The van der Waals surface area contributed by atoms with Crippen LogP contribution in [0.1, 0.15) is 58.3 Å². The number of nitrogens with zero attached hydrogens (tertiary/aromatic N) is 1. The van der Waals surface area contributed by atoms with Gasteiger partial charge in [0.25, 0.3) is 0 Å².